The van der Waals surface area contributed by atoms with Gasteiger partial charge in [-0.05, 0) is 61.0 Å². The van der Waals surface area contributed by atoms with Gasteiger partial charge in [0.25, 0.3) is 5.56 Å². The minimum absolute atomic E-state index is 0.0229. The molecule has 0 aliphatic rings. The van der Waals surface area contributed by atoms with Crippen molar-refractivity contribution < 1.29 is 17.2 Å². The fourth-order valence-electron chi connectivity index (χ4n) is 3.29. The van der Waals surface area contributed by atoms with Crippen molar-refractivity contribution in [2.24, 2.45) is 0 Å². The van der Waals surface area contributed by atoms with Crippen molar-refractivity contribution in [3.05, 3.63) is 94.3 Å². The Morgan fingerprint density at radius 3 is 2.45 bits per heavy atom. The molecule has 0 unspecified atom stereocenters. The molecule has 0 aliphatic carbocycles. The van der Waals surface area contributed by atoms with Gasteiger partial charge in [-0.1, -0.05) is 30.0 Å². The van der Waals surface area contributed by atoms with Crippen molar-refractivity contribution in [3.63, 3.8) is 0 Å². The molecule has 0 saturated carbocycles. The van der Waals surface area contributed by atoms with Gasteiger partial charge in [0.05, 0.1) is 21.5 Å². The zero-order valence-corrected chi connectivity index (χ0v) is 19.1. The molecule has 1 aromatic heterocycles. The zero-order chi connectivity index (χ0) is 23.6. The van der Waals surface area contributed by atoms with Crippen LogP contribution in [0.2, 0.25) is 0 Å². The molecule has 0 spiro atoms. The molecule has 3 aromatic carbocycles. The lowest BCUT2D eigenvalue weighted by Crippen LogP contribution is -2.27. The maximum absolute atomic E-state index is 13.5. The van der Waals surface area contributed by atoms with Crippen LogP contribution in [-0.4, -0.2) is 30.3 Å². The third kappa shape index (κ3) is 4.97. The maximum atomic E-state index is 13.5. The second kappa shape index (κ2) is 9.42. The third-order valence-corrected chi connectivity index (χ3v) is 7.44. The number of hydrogen-bond acceptors (Lipinski definition) is 5. The van der Waals surface area contributed by atoms with Crippen LogP contribution in [0.15, 0.2) is 81.6 Å². The van der Waals surface area contributed by atoms with Crippen molar-refractivity contribution in [3.8, 4) is 5.69 Å². The summed E-state index contributed by atoms with van der Waals surface area (Å²) in [4.78, 5) is 17.6. The number of para-hydroxylation sites is 1. The van der Waals surface area contributed by atoms with E-state index in [0.717, 1.165) is 6.07 Å². The van der Waals surface area contributed by atoms with Gasteiger partial charge in [0.15, 0.2) is 5.16 Å². The molecule has 1 N–H and O–H groups in total. The van der Waals surface area contributed by atoms with Crippen molar-refractivity contribution in [1.29, 1.82) is 0 Å². The summed E-state index contributed by atoms with van der Waals surface area (Å²) in [5.74, 6) is -0.824. The van der Waals surface area contributed by atoms with Gasteiger partial charge in [-0.3, -0.25) is 9.36 Å². The smallest absolute Gasteiger partial charge is 0.266 e. The van der Waals surface area contributed by atoms with E-state index in [4.69, 9.17) is 0 Å². The highest BCUT2D eigenvalue weighted by atomic mass is 32.2. The fourth-order valence-corrected chi connectivity index (χ4v) is 5.57. The Bertz CT molecular complexity index is 1490. The first-order valence-electron chi connectivity index (χ1n) is 9.92. The van der Waals surface area contributed by atoms with Crippen LogP contribution >= 0.6 is 11.8 Å². The molecule has 0 radical (unpaired) electrons. The Balaban J connectivity index is 1.60. The standard InChI is InChI=1S/C23H19F2N3O3S2/c1-15-6-7-17(25)14-21(15)33(30,31)26-12-13-32-23-27-20-5-3-2-4-19(20)22(29)28(23)18-10-8-16(24)9-11-18/h2-11,14,26H,12-13H2,1H3. The number of halogens is 2. The van der Waals surface area contributed by atoms with Crippen LogP contribution in [0.25, 0.3) is 16.6 Å². The molecular weight excluding hydrogens is 468 g/mol. The first-order chi connectivity index (χ1) is 15.8. The molecule has 0 fully saturated rings. The summed E-state index contributed by atoms with van der Waals surface area (Å²) < 4.78 is 55.9. The number of thioether (sulfide) groups is 1. The average Bonchev–Trinajstić information content (AvgIpc) is 2.79. The number of sulfonamides is 1. The highest BCUT2D eigenvalue weighted by molar-refractivity contribution is 7.99. The molecule has 6 nitrogen and oxygen atoms in total. The molecule has 0 saturated heterocycles. The predicted molar refractivity (Wildman–Crippen MR) is 124 cm³/mol. The van der Waals surface area contributed by atoms with Gasteiger partial charge in [0, 0.05) is 12.3 Å². The Morgan fingerprint density at radius 2 is 1.70 bits per heavy atom. The second-order valence-electron chi connectivity index (χ2n) is 7.18. The van der Waals surface area contributed by atoms with Crippen LogP contribution in [0, 0.1) is 18.6 Å². The lowest BCUT2D eigenvalue weighted by Gasteiger charge is -2.14. The number of hydrogen-bond donors (Lipinski definition) is 1. The first kappa shape index (κ1) is 23.1. The van der Waals surface area contributed by atoms with Crippen LogP contribution in [0.4, 0.5) is 8.78 Å². The molecule has 0 atom stereocenters. The number of fused-ring (bicyclic) bond motifs is 1. The van der Waals surface area contributed by atoms with Crippen LogP contribution in [0.1, 0.15) is 5.56 Å². The van der Waals surface area contributed by atoms with Gasteiger partial charge >= 0.3 is 0 Å². The van der Waals surface area contributed by atoms with Crippen molar-refractivity contribution in [1.82, 2.24) is 14.3 Å². The van der Waals surface area contributed by atoms with E-state index < -0.39 is 21.7 Å². The number of nitrogens with one attached hydrogen (secondary N) is 1. The summed E-state index contributed by atoms with van der Waals surface area (Å²) in [5.41, 5.74) is 1.06. The van der Waals surface area contributed by atoms with Gasteiger partial charge < -0.3 is 0 Å². The van der Waals surface area contributed by atoms with E-state index in [1.54, 1.807) is 31.2 Å². The monoisotopic (exact) mass is 487 g/mol. The highest BCUT2D eigenvalue weighted by Gasteiger charge is 2.18. The van der Waals surface area contributed by atoms with E-state index >= 15 is 0 Å². The molecule has 4 rings (SSSR count). The molecule has 170 valence electrons. The average molecular weight is 488 g/mol. The van der Waals surface area contributed by atoms with Gasteiger partial charge in [0.1, 0.15) is 11.6 Å². The van der Waals surface area contributed by atoms with Crippen LogP contribution in [0.3, 0.4) is 0 Å². The Hall–Kier alpha value is -3.08. The topological polar surface area (TPSA) is 81.1 Å². The summed E-state index contributed by atoms with van der Waals surface area (Å²) in [6, 6.07) is 15.9. The van der Waals surface area contributed by atoms with Gasteiger partial charge in [-0.2, -0.15) is 0 Å². The second-order valence-corrected chi connectivity index (χ2v) is 9.98. The van der Waals surface area contributed by atoms with E-state index in [1.807, 2.05) is 0 Å². The van der Waals surface area contributed by atoms with E-state index in [1.165, 1.54) is 52.7 Å². The largest absolute Gasteiger partial charge is 0.268 e. The number of aryl methyl sites for hydroxylation is 1. The summed E-state index contributed by atoms with van der Waals surface area (Å²) in [5, 5.41) is 0.750. The molecule has 33 heavy (non-hydrogen) atoms. The maximum Gasteiger partial charge on any atom is 0.266 e. The van der Waals surface area contributed by atoms with Gasteiger partial charge in [0.2, 0.25) is 10.0 Å². The highest BCUT2D eigenvalue weighted by Crippen LogP contribution is 2.22. The van der Waals surface area contributed by atoms with Crippen molar-refractivity contribution in [2.75, 3.05) is 12.3 Å². The SMILES string of the molecule is Cc1ccc(F)cc1S(=O)(=O)NCCSc1nc2ccccc2c(=O)n1-c1ccc(F)cc1. The quantitative estimate of drug-likeness (QED) is 0.242. The lowest BCUT2D eigenvalue weighted by molar-refractivity contribution is 0.579. The van der Waals surface area contributed by atoms with Crippen LogP contribution in [-0.2, 0) is 10.0 Å². The summed E-state index contributed by atoms with van der Waals surface area (Å²) in [6.45, 7) is 1.61. The van der Waals surface area contributed by atoms with E-state index in [0.29, 0.717) is 27.3 Å². The van der Waals surface area contributed by atoms with E-state index in [2.05, 4.69) is 9.71 Å². The number of aromatic nitrogens is 2. The van der Waals surface area contributed by atoms with E-state index in [-0.39, 0.29) is 22.8 Å². The Kier molecular flexibility index (Phi) is 6.59. The molecule has 0 bridgehead atoms. The molecule has 0 amide bonds. The predicted octanol–water partition coefficient (Wildman–Crippen LogP) is 4.04. The van der Waals surface area contributed by atoms with Crippen LogP contribution < -0.4 is 10.3 Å². The molecule has 4 aromatic rings. The normalized spacial score (nSPS) is 11.7. The summed E-state index contributed by atoms with van der Waals surface area (Å²) in [6.07, 6.45) is 0. The molecule has 1 heterocycles. The summed E-state index contributed by atoms with van der Waals surface area (Å²) >= 11 is 1.18. The van der Waals surface area contributed by atoms with Gasteiger partial charge in [-0.25, -0.2) is 26.9 Å². The number of rotatable bonds is 7. The van der Waals surface area contributed by atoms with E-state index in [9.17, 15) is 22.0 Å². The van der Waals surface area contributed by atoms with Crippen molar-refractivity contribution >= 4 is 32.7 Å². The Morgan fingerprint density at radius 1 is 1.00 bits per heavy atom. The summed E-state index contributed by atoms with van der Waals surface area (Å²) in [7, 11) is -3.91. The fraction of sp³-hybridized carbons (Fsp3) is 0.130. The molecule has 10 heteroatoms. The number of nitrogens with zero attached hydrogens (tertiary/aromatic N) is 2. The first-order valence-corrected chi connectivity index (χ1v) is 12.4. The molecular formula is C23H19F2N3O3S2. The molecule has 0 aliphatic heterocycles. The van der Waals surface area contributed by atoms with Crippen molar-refractivity contribution in [2.45, 2.75) is 17.0 Å². The van der Waals surface area contributed by atoms with Gasteiger partial charge in [-0.15, -0.1) is 0 Å². The number of benzene rings is 3. The minimum atomic E-state index is -3.91. The minimum Gasteiger partial charge on any atom is -0.268 e. The zero-order valence-electron chi connectivity index (χ0n) is 17.5. The third-order valence-electron chi connectivity index (χ3n) is 4.89. The lowest BCUT2D eigenvalue weighted by atomic mass is 10.2. The Labute approximate surface area is 193 Å². The van der Waals surface area contributed by atoms with Crippen LogP contribution in [0.5, 0.6) is 0 Å².